The van der Waals surface area contributed by atoms with Crippen molar-refractivity contribution < 1.29 is 9.59 Å². The van der Waals surface area contributed by atoms with Gasteiger partial charge in [0.1, 0.15) is 0 Å². The Morgan fingerprint density at radius 3 is 1.14 bits per heavy atom. The maximum Gasteiger partial charge on any atom is 0.253 e. The first-order chi connectivity index (χ1) is 13.5. The SMILES string of the molecule is CCN(CC)C(=O)c1ccc(N=Nc2ccc(C(=O)N(CC)CC)cc2)cc1. The lowest BCUT2D eigenvalue weighted by molar-refractivity contribution is 0.0765. The molecule has 0 saturated carbocycles. The van der Waals surface area contributed by atoms with E-state index in [2.05, 4.69) is 10.2 Å². The third-order valence-electron chi connectivity index (χ3n) is 4.61. The smallest absolute Gasteiger partial charge is 0.253 e. The number of nitrogens with zero attached hydrogens (tertiary/aromatic N) is 4. The van der Waals surface area contributed by atoms with Gasteiger partial charge >= 0.3 is 0 Å². The molecule has 6 nitrogen and oxygen atoms in total. The Hall–Kier alpha value is -3.02. The Labute approximate surface area is 166 Å². The van der Waals surface area contributed by atoms with E-state index in [9.17, 15) is 9.59 Å². The van der Waals surface area contributed by atoms with E-state index in [1.165, 1.54) is 0 Å². The maximum absolute atomic E-state index is 12.3. The van der Waals surface area contributed by atoms with Crippen LogP contribution >= 0.6 is 0 Å². The van der Waals surface area contributed by atoms with Crippen molar-refractivity contribution >= 4 is 23.2 Å². The lowest BCUT2D eigenvalue weighted by atomic mass is 10.2. The molecule has 0 saturated heterocycles. The molecule has 0 N–H and O–H groups in total. The van der Waals surface area contributed by atoms with E-state index >= 15 is 0 Å². The van der Waals surface area contributed by atoms with Gasteiger partial charge in [0.25, 0.3) is 11.8 Å². The standard InChI is InChI=1S/C22H28N4O2/c1-5-25(6-2)21(27)17-9-13-19(14-10-17)23-24-20-15-11-18(12-16-20)22(28)26(7-3)8-4/h9-16H,5-8H2,1-4H3. The Bertz CT molecular complexity index is 736. The van der Waals surface area contributed by atoms with E-state index in [1.807, 2.05) is 27.7 Å². The van der Waals surface area contributed by atoms with E-state index in [1.54, 1.807) is 58.3 Å². The summed E-state index contributed by atoms with van der Waals surface area (Å²) in [7, 11) is 0. The minimum Gasteiger partial charge on any atom is -0.339 e. The molecule has 2 aromatic carbocycles. The van der Waals surface area contributed by atoms with Gasteiger partial charge in [-0.1, -0.05) is 0 Å². The Kier molecular flexibility index (Phi) is 7.87. The predicted octanol–water partition coefficient (Wildman–Crippen LogP) is 5.07. The zero-order chi connectivity index (χ0) is 20.5. The third kappa shape index (κ3) is 5.25. The van der Waals surface area contributed by atoms with Crippen LogP contribution in [0, 0.1) is 0 Å². The second-order valence-corrected chi connectivity index (χ2v) is 6.25. The molecular weight excluding hydrogens is 352 g/mol. The van der Waals surface area contributed by atoms with Crippen molar-refractivity contribution in [1.82, 2.24) is 9.80 Å². The van der Waals surface area contributed by atoms with Gasteiger partial charge < -0.3 is 9.80 Å². The second-order valence-electron chi connectivity index (χ2n) is 6.25. The first kappa shape index (κ1) is 21.3. The van der Waals surface area contributed by atoms with Gasteiger partial charge in [0.15, 0.2) is 0 Å². The van der Waals surface area contributed by atoms with Crippen LogP contribution in [0.5, 0.6) is 0 Å². The highest BCUT2D eigenvalue weighted by Gasteiger charge is 2.12. The van der Waals surface area contributed by atoms with Crippen LogP contribution in [0.3, 0.4) is 0 Å². The lowest BCUT2D eigenvalue weighted by Crippen LogP contribution is -2.30. The van der Waals surface area contributed by atoms with Crippen LogP contribution in [0.25, 0.3) is 0 Å². The molecule has 0 spiro atoms. The molecule has 6 heteroatoms. The zero-order valence-corrected chi connectivity index (χ0v) is 17.1. The Morgan fingerprint density at radius 1 is 0.607 bits per heavy atom. The predicted molar refractivity (Wildman–Crippen MR) is 112 cm³/mol. The first-order valence-corrected chi connectivity index (χ1v) is 9.74. The molecule has 0 aliphatic carbocycles. The molecule has 0 radical (unpaired) electrons. The molecule has 0 bridgehead atoms. The molecule has 0 heterocycles. The van der Waals surface area contributed by atoms with Gasteiger partial charge in [-0.25, -0.2) is 0 Å². The van der Waals surface area contributed by atoms with Crippen molar-refractivity contribution in [3.8, 4) is 0 Å². The number of benzene rings is 2. The van der Waals surface area contributed by atoms with Crippen LogP contribution in [-0.2, 0) is 0 Å². The van der Waals surface area contributed by atoms with Gasteiger partial charge in [0.2, 0.25) is 0 Å². The van der Waals surface area contributed by atoms with Gasteiger partial charge in [-0.05, 0) is 76.2 Å². The van der Waals surface area contributed by atoms with Crippen LogP contribution < -0.4 is 0 Å². The first-order valence-electron chi connectivity index (χ1n) is 9.74. The van der Waals surface area contributed by atoms with Gasteiger partial charge in [0, 0.05) is 37.3 Å². The summed E-state index contributed by atoms with van der Waals surface area (Å²) in [6.45, 7) is 10.6. The number of carbonyl (C=O) groups excluding carboxylic acids is 2. The van der Waals surface area contributed by atoms with E-state index < -0.39 is 0 Å². The fourth-order valence-electron chi connectivity index (χ4n) is 2.84. The highest BCUT2D eigenvalue weighted by molar-refractivity contribution is 5.95. The van der Waals surface area contributed by atoms with Gasteiger partial charge in [0.05, 0.1) is 11.4 Å². The van der Waals surface area contributed by atoms with Crippen LogP contribution in [0.15, 0.2) is 58.8 Å². The molecule has 2 amide bonds. The summed E-state index contributed by atoms with van der Waals surface area (Å²) < 4.78 is 0. The molecule has 0 aromatic heterocycles. The summed E-state index contributed by atoms with van der Waals surface area (Å²) >= 11 is 0. The minimum absolute atomic E-state index is 0.0157. The highest BCUT2D eigenvalue weighted by Crippen LogP contribution is 2.20. The van der Waals surface area contributed by atoms with Crippen molar-refractivity contribution in [2.75, 3.05) is 26.2 Å². The van der Waals surface area contributed by atoms with Gasteiger partial charge in [-0.15, -0.1) is 0 Å². The maximum atomic E-state index is 12.3. The normalized spacial score (nSPS) is 10.9. The lowest BCUT2D eigenvalue weighted by Gasteiger charge is -2.18. The molecule has 0 aliphatic heterocycles. The Morgan fingerprint density at radius 2 is 0.893 bits per heavy atom. The van der Waals surface area contributed by atoms with Crippen LogP contribution in [0.2, 0.25) is 0 Å². The van der Waals surface area contributed by atoms with Crippen molar-refractivity contribution in [2.45, 2.75) is 27.7 Å². The topological polar surface area (TPSA) is 65.3 Å². The van der Waals surface area contributed by atoms with E-state index in [0.29, 0.717) is 48.7 Å². The second kappa shape index (κ2) is 10.3. The fraction of sp³-hybridized carbons (Fsp3) is 0.364. The largest absolute Gasteiger partial charge is 0.339 e. The van der Waals surface area contributed by atoms with Crippen LogP contribution in [-0.4, -0.2) is 47.8 Å². The van der Waals surface area contributed by atoms with Crippen LogP contribution in [0.1, 0.15) is 48.4 Å². The average Bonchev–Trinajstić information content (AvgIpc) is 2.74. The van der Waals surface area contributed by atoms with Crippen LogP contribution in [0.4, 0.5) is 11.4 Å². The summed E-state index contributed by atoms with van der Waals surface area (Å²) in [6.07, 6.45) is 0. The molecule has 28 heavy (non-hydrogen) atoms. The molecule has 2 aromatic rings. The van der Waals surface area contributed by atoms with Crippen molar-refractivity contribution in [1.29, 1.82) is 0 Å². The van der Waals surface area contributed by atoms with Crippen molar-refractivity contribution in [3.63, 3.8) is 0 Å². The molecule has 2 rings (SSSR count). The zero-order valence-electron chi connectivity index (χ0n) is 17.1. The third-order valence-corrected chi connectivity index (χ3v) is 4.61. The number of hydrogen-bond donors (Lipinski definition) is 0. The Balaban J connectivity index is 2.05. The summed E-state index contributed by atoms with van der Waals surface area (Å²) in [5.41, 5.74) is 2.61. The number of hydrogen-bond acceptors (Lipinski definition) is 4. The summed E-state index contributed by atoms with van der Waals surface area (Å²) in [5.74, 6) is 0.0314. The highest BCUT2D eigenvalue weighted by atomic mass is 16.2. The summed E-state index contributed by atoms with van der Waals surface area (Å²) in [5, 5.41) is 8.42. The van der Waals surface area contributed by atoms with E-state index in [-0.39, 0.29) is 11.8 Å². The quantitative estimate of drug-likeness (QED) is 0.600. The minimum atomic E-state index is 0.0157. The number of rotatable bonds is 8. The van der Waals surface area contributed by atoms with E-state index in [4.69, 9.17) is 0 Å². The van der Waals surface area contributed by atoms with Crippen molar-refractivity contribution in [2.24, 2.45) is 10.2 Å². The monoisotopic (exact) mass is 380 g/mol. The molecule has 0 aliphatic rings. The summed E-state index contributed by atoms with van der Waals surface area (Å²) in [4.78, 5) is 28.2. The number of carbonyl (C=O) groups is 2. The van der Waals surface area contributed by atoms with Crippen molar-refractivity contribution in [3.05, 3.63) is 59.7 Å². The van der Waals surface area contributed by atoms with Gasteiger partial charge in [-0.3, -0.25) is 9.59 Å². The molecule has 0 unspecified atom stereocenters. The van der Waals surface area contributed by atoms with E-state index in [0.717, 1.165) is 0 Å². The number of azo groups is 1. The number of amides is 2. The van der Waals surface area contributed by atoms with Gasteiger partial charge in [-0.2, -0.15) is 10.2 Å². The molecule has 0 atom stereocenters. The molecule has 148 valence electrons. The average molecular weight is 380 g/mol. The molecule has 0 fully saturated rings. The fourth-order valence-corrected chi connectivity index (χ4v) is 2.84. The summed E-state index contributed by atoms with van der Waals surface area (Å²) in [6, 6.07) is 14.2. The molecular formula is C22H28N4O2.